The maximum atomic E-state index is 12.8. The van der Waals surface area contributed by atoms with E-state index in [0.29, 0.717) is 18.7 Å². The van der Waals surface area contributed by atoms with Crippen LogP contribution in [0.1, 0.15) is 24.0 Å². The summed E-state index contributed by atoms with van der Waals surface area (Å²) in [4.78, 5) is 27.0. The average molecular weight is 367 g/mol. The van der Waals surface area contributed by atoms with Gasteiger partial charge in [-0.3, -0.25) is 4.79 Å². The number of anilines is 2. The summed E-state index contributed by atoms with van der Waals surface area (Å²) in [6.07, 6.45) is 1.47. The highest BCUT2D eigenvalue weighted by Gasteiger charge is 2.34. The number of aryl methyl sites for hydroxylation is 1. The molecule has 0 radical (unpaired) electrons. The van der Waals surface area contributed by atoms with E-state index in [-0.39, 0.29) is 11.9 Å². The molecule has 0 aliphatic carbocycles. The number of hydrogen-bond acceptors (Lipinski definition) is 3. The lowest BCUT2D eigenvalue weighted by Crippen LogP contribution is -2.45. The van der Waals surface area contributed by atoms with Crippen molar-refractivity contribution < 1.29 is 14.3 Å². The van der Waals surface area contributed by atoms with Crippen LogP contribution in [0.25, 0.3) is 0 Å². The SMILES string of the molecule is COc1ccc(NC(=O)N2CCCC2C(=O)Nc2cccc(C)c2C)cc1. The monoisotopic (exact) mass is 367 g/mol. The van der Waals surface area contributed by atoms with Crippen LogP contribution in [0.4, 0.5) is 16.2 Å². The van der Waals surface area contributed by atoms with Crippen LogP contribution in [0.5, 0.6) is 5.75 Å². The smallest absolute Gasteiger partial charge is 0.322 e. The van der Waals surface area contributed by atoms with E-state index < -0.39 is 6.04 Å². The molecule has 0 saturated carbocycles. The van der Waals surface area contributed by atoms with Gasteiger partial charge in [0.1, 0.15) is 11.8 Å². The fourth-order valence-corrected chi connectivity index (χ4v) is 3.25. The van der Waals surface area contributed by atoms with Gasteiger partial charge >= 0.3 is 6.03 Å². The van der Waals surface area contributed by atoms with Crippen molar-refractivity contribution in [3.8, 4) is 5.75 Å². The maximum Gasteiger partial charge on any atom is 0.322 e. The van der Waals surface area contributed by atoms with Gasteiger partial charge in [-0.15, -0.1) is 0 Å². The molecule has 1 aliphatic rings. The molecule has 142 valence electrons. The minimum absolute atomic E-state index is 0.147. The number of carbonyl (C=O) groups excluding carboxylic acids is 2. The number of methoxy groups -OCH3 is 1. The van der Waals surface area contributed by atoms with Crippen LogP contribution in [-0.4, -0.2) is 36.5 Å². The Hall–Kier alpha value is -3.02. The molecule has 0 bridgehead atoms. The van der Waals surface area contributed by atoms with E-state index in [4.69, 9.17) is 4.74 Å². The first-order valence-electron chi connectivity index (χ1n) is 9.08. The van der Waals surface area contributed by atoms with Crippen molar-refractivity contribution in [3.63, 3.8) is 0 Å². The highest BCUT2D eigenvalue weighted by Crippen LogP contribution is 2.23. The zero-order chi connectivity index (χ0) is 19.4. The molecule has 3 rings (SSSR count). The third-order valence-corrected chi connectivity index (χ3v) is 5.02. The van der Waals surface area contributed by atoms with Crippen molar-refractivity contribution in [1.29, 1.82) is 0 Å². The first-order valence-corrected chi connectivity index (χ1v) is 9.08. The van der Waals surface area contributed by atoms with E-state index in [9.17, 15) is 9.59 Å². The fourth-order valence-electron chi connectivity index (χ4n) is 3.25. The van der Waals surface area contributed by atoms with E-state index in [1.54, 1.807) is 36.3 Å². The standard InChI is InChI=1S/C21H25N3O3/c1-14-6-4-7-18(15(14)2)23-20(25)19-8-5-13-24(19)21(26)22-16-9-11-17(27-3)12-10-16/h4,6-7,9-12,19H,5,8,13H2,1-3H3,(H,22,26)(H,23,25). The van der Waals surface area contributed by atoms with Crippen LogP contribution in [0.15, 0.2) is 42.5 Å². The number of urea groups is 1. The van der Waals surface area contributed by atoms with E-state index in [2.05, 4.69) is 10.6 Å². The van der Waals surface area contributed by atoms with Crippen LogP contribution >= 0.6 is 0 Å². The number of ether oxygens (including phenoxy) is 1. The van der Waals surface area contributed by atoms with Gasteiger partial charge in [0.2, 0.25) is 5.91 Å². The van der Waals surface area contributed by atoms with Crippen molar-refractivity contribution in [2.75, 3.05) is 24.3 Å². The van der Waals surface area contributed by atoms with Gasteiger partial charge in [-0.2, -0.15) is 0 Å². The topological polar surface area (TPSA) is 70.7 Å². The first-order chi connectivity index (χ1) is 13.0. The predicted octanol–water partition coefficient (Wildman–Crippen LogP) is 3.95. The van der Waals surface area contributed by atoms with Gasteiger partial charge < -0.3 is 20.3 Å². The summed E-state index contributed by atoms with van der Waals surface area (Å²) in [6.45, 7) is 4.55. The zero-order valence-electron chi connectivity index (χ0n) is 15.9. The van der Waals surface area contributed by atoms with Crippen LogP contribution in [0.2, 0.25) is 0 Å². The van der Waals surface area contributed by atoms with E-state index in [1.165, 1.54) is 0 Å². The quantitative estimate of drug-likeness (QED) is 0.860. The van der Waals surface area contributed by atoms with Gasteiger partial charge in [-0.1, -0.05) is 12.1 Å². The Morgan fingerprint density at radius 2 is 1.81 bits per heavy atom. The van der Waals surface area contributed by atoms with Gasteiger partial charge in [-0.05, 0) is 68.1 Å². The summed E-state index contributed by atoms with van der Waals surface area (Å²) in [5, 5.41) is 5.84. The van der Waals surface area contributed by atoms with Gasteiger partial charge in [0, 0.05) is 17.9 Å². The second kappa shape index (κ2) is 8.12. The molecule has 6 nitrogen and oxygen atoms in total. The average Bonchev–Trinajstić information content (AvgIpc) is 3.16. The maximum absolute atomic E-state index is 12.8. The fraction of sp³-hybridized carbons (Fsp3) is 0.333. The minimum atomic E-state index is -0.469. The van der Waals surface area contributed by atoms with E-state index in [0.717, 1.165) is 29.0 Å². The molecule has 1 atom stereocenters. The second-order valence-corrected chi connectivity index (χ2v) is 6.75. The van der Waals surface area contributed by atoms with Crippen LogP contribution < -0.4 is 15.4 Å². The number of nitrogens with one attached hydrogen (secondary N) is 2. The number of nitrogens with zero attached hydrogens (tertiary/aromatic N) is 1. The number of benzene rings is 2. The molecule has 2 N–H and O–H groups in total. The van der Waals surface area contributed by atoms with Crippen molar-refractivity contribution >= 4 is 23.3 Å². The zero-order valence-corrected chi connectivity index (χ0v) is 15.9. The highest BCUT2D eigenvalue weighted by molar-refractivity contribution is 6.00. The number of hydrogen-bond donors (Lipinski definition) is 2. The van der Waals surface area contributed by atoms with Crippen molar-refractivity contribution in [1.82, 2.24) is 4.90 Å². The molecule has 1 fully saturated rings. The lowest BCUT2D eigenvalue weighted by molar-refractivity contribution is -0.119. The van der Waals surface area contributed by atoms with Crippen molar-refractivity contribution in [3.05, 3.63) is 53.6 Å². The summed E-state index contributed by atoms with van der Waals surface area (Å²) in [5.74, 6) is 0.575. The van der Waals surface area contributed by atoms with Crippen molar-refractivity contribution in [2.45, 2.75) is 32.7 Å². The number of rotatable bonds is 4. The van der Waals surface area contributed by atoms with Crippen LogP contribution in [0.3, 0.4) is 0 Å². The number of carbonyl (C=O) groups is 2. The second-order valence-electron chi connectivity index (χ2n) is 6.75. The Morgan fingerprint density at radius 3 is 2.52 bits per heavy atom. The molecule has 0 aromatic heterocycles. The molecular formula is C21H25N3O3. The Kier molecular flexibility index (Phi) is 5.64. The minimum Gasteiger partial charge on any atom is -0.497 e. The molecule has 3 amide bonds. The van der Waals surface area contributed by atoms with Gasteiger partial charge in [0.05, 0.1) is 7.11 Å². The van der Waals surface area contributed by atoms with E-state index in [1.807, 2.05) is 32.0 Å². The summed E-state index contributed by atoms with van der Waals surface area (Å²) < 4.78 is 5.12. The third kappa shape index (κ3) is 4.22. The van der Waals surface area contributed by atoms with Gasteiger partial charge in [-0.25, -0.2) is 4.79 Å². The molecule has 1 aliphatic heterocycles. The molecule has 1 heterocycles. The Bertz CT molecular complexity index is 833. The lowest BCUT2D eigenvalue weighted by atomic mass is 10.1. The predicted molar refractivity (Wildman–Crippen MR) is 106 cm³/mol. The Morgan fingerprint density at radius 1 is 1.07 bits per heavy atom. The van der Waals surface area contributed by atoms with Gasteiger partial charge in [0.25, 0.3) is 0 Å². The number of amides is 3. The molecule has 2 aromatic carbocycles. The molecule has 2 aromatic rings. The first kappa shape index (κ1) is 18.8. The molecule has 27 heavy (non-hydrogen) atoms. The normalized spacial score (nSPS) is 16.1. The summed E-state index contributed by atoms with van der Waals surface area (Å²) >= 11 is 0. The van der Waals surface area contributed by atoms with Crippen LogP contribution in [0, 0.1) is 13.8 Å². The molecule has 6 heteroatoms. The lowest BCUT2D eigenvalue weighted by Gasteiger charge is -2.24. The summed E-state index contributed by atoms with van der Waals surface area (Å²) in [7, 11) is 1.59. The molecular weight excluding hydrogens is 342 g/mol. The molecule has 0 spiro atoms. The summed E-state index contributed by atoms with van der Waals surface area (Å²) in [5.41, 5.74) is 3.62. The molecule has 1 unspecified atom stereocenters. The largest absolute Gasteiger partial charge is 0.497 e. The third-order valence-electron chi connectivity index (χ3n) is 5.02. The van der Waals surface area contributed by atoms with Crippen LogP contribution in [-0.2, 0) is 4.79 Å². The Balaban J connectivity index is 1.67. The number of likely N-dealkylation sites (tertiary alicyclic amines) is 1. The summed E-state index contributed by atoms with van der Waals surface area (Å²) in [6, 6.07) is 12.2. The van der Waals surface area contributed by atoms with Gasteiger partial charge in [0.15, 0.2) is 0 Å². The van der Waals surface area contributed by atoms with E-state index >= 15 is 0 Å². The Labute approximate surface area is 159 Å². The highest BCUT2D eigenvalue weighted by atomic mass is 16.5. The van der Waals surface area contributed by atoms with Crippen molar-refractivity contribution in [2.24, 2.45) is 0 Å². The molecule has 1 saturated heterocycles.